The zero-order chi connectivity index (χ0) is 9.97. The second-order valence-corrected chi connectivity index (χ2v) is 5.77. The van der Waals surface area contributed by atoms with Gasteiger partial charge < -0.3 is 5.11 Å². The summed E-state index contributed by atoms with van der Waals surface area (Å²) < 4.78 is 0. The Labute approximate surface area is 91.1 Å². The molecular formula is C11H21NOS. The average molecular weight is 215 g/mol. The summed E-state index contributed by atoms with van der Waals surface area (Å²) in [6.45, 7) is 3.60. The van der Waals surface area contributed by atoms with Crippen molar-refractivity contribution in [3.63, 3.8) is 0 Å². The lowest BCUT2D eigenvalue weighted by atomic mass is 9.91. The summed E-state index contributed by atoms with van der Waals surface area (Å²) >= 11 is 2.08. The predicted molar refractivity (Wildman–Crippen MR) is 61.8 cm³/mol. The maximum absolute atomic E-state index is 9.47. The van der Waals surface area contributed by atoms with Crippen LogP contribution in [0.25, 0.3) is 0 Å². The van der Waals surface area contributed by atoms with Gasteiger partial charge in [-0.15, -0.1) is 0 Å². The van der Waals surface area contributed by atoms with Gasteiger partial charge in [0.05, 0.1) is 6.10 Å². The molecule has 1 saturated heterocycles. The highest BCUT2D eigenvalue weighted by atomic mass is 32.2. The fourth-order valence-corrected chi connectivity index (χ4v) is 3.71. The molecule has 1 aliphatic carbocycles. The molecule has 14 heavy (non-hydrogen) atoms. The van der Waals surface area contributed by atoms with E-state index in [0.29, 0.717) is 0 Å². The second kappa shape index (κ2) is 4.86. The number of thioether (sulfide) groups is 1. The molecule has 82 valence electrons. The van der Waals surface area contributed by atoms with Gasteiger partial charge in [0.1, 0.15) is 0 Å². The van der Waals surface area contributed by atoms with Crippen molar-refractivity contribution in [2.45, 2.75) is 50.8 Å². The van der Waals surface area contributed by atoms with E-state index in [0.717, 1.165) is 24.9 Å². The topological polar surface area (TPSA) is 23.5 Å². The Balaban J connectivity index is 1.87. The van der Waals surface area contributed by atoms with Crippen molar-refractivity contribution in [2.75, 3.05) is 18.1 Å². The fraction of sp³-hybridized carbons (Fsp3) is 1.00. The van der Waals surface area contributed by atoms with Gasteiger partial charge >= 0.3 is 0 Å². The zero-order valence-corrected chi connectivity index (χ0v) is 9.80. The zero-order valence-electron chi connectivity index (χ0n) is 8.98. The quantitative estimate of drug-likeness (QED) is 0.720. The molecular weight excluding hydrogens is 194 g/mol. The third kappa shape index (κ3) is 2.44. The van der Waals surface area contributed by atoms with E-state index in [1.165, 1.54) is 30.9 Å². The van der Waals surface area contributed by atoms with Gasteiger partial charge in [-0.05, 0) is 32.6 Å². The van der Waals surface area contributed by atoms with E-state index in [-0.39, 0.29) is 6.10 Å². The van der Waals surface area contributed by atoms with Crippen molar-refractivity contribution >= 4 is 11.8 Å². The van der Waals surface area contributed by atoms with Crippen molar-refractivity contribution in [3.05, 3.63) is 0 Å². The molecule has 1 aliphatic heterocycles. The Hall–Kier alpha value is 0.270. The smallest absolute Gasteiger partial charge is 0.0541 e. The number of hydrogen-bond acceptors (Lipinski definition) is 3. The molecule has 2 aliphatic rings. The SMILES string of the molecule is CC1CSCCN1C1CCC(O)CC1. The first kappa shape index (κ1) is 10.8. The molecule has 0 aromatic rings. The normalized spacial score (nSPS) is 41.1. The van der Waals surface area contributed by atoms with Crippen molar-refractivity contribution < 1.29 is 5.11 Å². The molecule has 0 amide bonds. The summed E-state index contributed by atoms with van der Waals surface area (Å²) in [5.41, 5.74) is 0. The number of aliphatic hydroxyl groups excluding tert-OH is 1. The van der Waals surface area contributed by atoms with Crippen LogP contribution in [0.4, 0.5) is 0 Å². The van der Waals surface area contributed by atoms with Crippen LogP contribution < -0.4 is 0 Å². The number of hydrogen-bond donors (Lipinski definition) is 1. The monoisotopic (exact) mass is 215 g/mol. The summed E-state index contributed by atoms with van der Waals surface area (Å²) in [5.74, 6) is 2.59. The second-order valence-electron chi connectivity index (χ2n) is 4.62. The molecule has 2 rings (SSSR count). The van der Waals surface area contributed by atoms with Crippen molar-refractivity contribution in [2.24, 2.45) is 0 Å². The van der Waals surface area contributed by atoms with Gasteiger partial charge in [-0.2, -0.15) is 11.8 Å². The molecule has 1 unspecified atom stereocenters. The van der Waals surface area contributed by atoms with Crippen molar-refractivity contribution in [1.29, 1.82) is 0 Å². The van der Waals surface area contributed by atoms with Crippen LogP contribution >= 0.6 is 11.8 Å². The fourth-order valence-electron chi connectivity index (χ4n) is 2.67. The Morgan fingerprint density at radius 2 is 1.93 bits per heavy atom. The molecule has 3 heteroatoms. The molecule has 0 aromatic carbocycles. The number of rotatable bonds is 1. The maximum Gasteiger partial charge on any atom is 0.0541 e. The third-order valence-electron chi connectivity index (χ3n) is 3.55. The van der Waals surface area contributed by atoms with Gasteiger partial charge in [0.2, 0.25) is 0 Å². The molecule has 0 bridgehead atoms. The Bertz CT molecular complexity index is 180. The molecule has 1 saturated carbocycles. The summed E-state index contributed by atoms with van der Waals surface area (Å²) in [6, 6.07) is 1.50. The van der Waals surface area contributed by atoms with Gasteiger partial charge in [0.25, 0.3) is 0 Å². The van der Waals surface area contributed by atoms with Crippen LogP contribution in [0.5, 0.6) is 0 Å². The largest absolute Gasteiger partial charge is 0.393 e. The van der Waals surface area contributed by atoms with Crippen molar-refractivity contribution in [1.82, 2.24) is 4.90 Å². The Morgan fingerprint density at radius 1 is 1.21 bits per heavy atom. The van der Waals surface area contributed by atoms with E-state index in [4.69, 9.17) is 0 Å². The lowest BCUT2D eigenvalue weighted by Crippen LogP contribution is -2.48. The lowest BCUT2D eigenvalue weighted by molar-refractivity contribution is 0.0622. The number of aliphatic hydroxyl groups is 1. The molecule has 1 heterocycles. The molecule has 0 spiro atoms. The van der Waals surface area contributed by atoms with Gasteiger partial charge in [0, 0.05) is 30.1 Å². The van der Waals surface area contributed by atoms with E-state index in [9.17, 15) is 5.11 Å². The summed E-state index contributed by atoms with van der Waals surface area (Å²) in [4.78, 5) is 2.67. The highest BCUT2D eigenvalue weighted by Gasteiger charge is 2.29. The van der Waals surface area contributed by atoms with Gasteiger partial charge in [-0.1, -0.05) is 0 Å². The molecule has 0 radical (unpaired) electrons. The first-order valence-electron chi connectivity index (χ1n) is 5.79. The van der Waals surface area contributed by atoms with Gasteiger partial charge in [-0.3, -0.25) is 4.90 Å². The summed E-state index contributed by atoms with van der Waals surface area (Å²) in [7, 11) is 0. The van der Waals surface area contributed by atoms with E-state index >= 15 is 0 Å². The minimum Gasteiger partial charge on any atom is -0.393 e. The maximum atomic E-state index is 9.47. The molecule has 2 nitrogen and oxygen atoms in total. The number of nitrogens with zero attached hydrogens (tertiary/aromatic N) is 1. The molecule has 2 fully saturated rings. The van der Waals surface area contributed by atoms with Crippen LogP contribution in [0.15, 0.2) is 0 Å². The summed E-state index contributed by atoms with van der Waals surface area (Å²) in [6.07, 6.45) is 4.43. The van der Waals surface area contributed by atoms with Gasteiger partial charge in [-0.25, -0.2) is 0 Å². The molecule has 0 aromatic heterocycles. The van der Waals surface area contributed by atoms with Crippen LogP contribution in [0.3, 0.4) is 0 Å². The average Bonchev–Trinajstić information content (AvgIpc) is 2.20. The van der Waals surface area contributed by atoms with E-state index < -0.39 is 0 Å². The van der Waals surface area contributed by atoms with Crippen LogP contribution in [-0.4, -0.2) is 46.2 Å². The first-order chi connectivity index (χ1) is 6.77. The van der Waals surface area contributed by atoms with E-state index in [1.807, 2.05) is 0 Å². The van der Waals surface area contributed by atoms with E-state index in [1.54, 1.807) is 0 Å². The Morgan fingerprint density at radius 3 is 2.57 bits per heavy atom. The lowest BCUT2D eigenvalue weighted by Gasteiger charge is -2.41. The van der Waals surface area contributed by atoms with Crippen LogP contribution in [0, 0.1) is 0 Å². The third-order valence-corrected chi connectivity index (χ3v) is 4.74. The predicted octanol–water partition coefficient (Wildman–Crippen LogP) is 1.73. The molecule has 1 atom stereocenters. The highest BCUT2D eigenvalue weighted by molar-refractivity contribution is 7.99. The van der Waals surface area contributed by atoms with Crippen LogP contribution in [0.2, 0.25) is 0 Å². The highest BCUT2D eigenvalue weighted by Crippen LogP contribution is 2.27. The van der Waals surface area contributed by atoms with Gasteiger partial charge in [0.15, 0.2) is 0 Å². The minimum atomic E-state index is -0.0132. The standard InChI is InChI=1S/C11H21NOS/c1-9-8-14-7-6-12(9)10-2-4-11(13)5-3-10/h9-11,13H,2-8H2,1H3. The Kier molecular flexibility index (Phi) is 3.74. The first-order valence-corrected chi connectivity index (χ1v) is 6.94. The van der Waals surface area contributed by atoms with E-state index in [2.05, 4.69) is 23.6 Å². The minimum absolute atomic E-state index is 0.0132. The van der Waals surface area contributed by atoms with Crippen molar-refractivity contribution in [3.8, 4) is 0 Å². The summed E-state index contributed by atoms with van der Waals surface area (Å²) in [5, 5.41) is 9.47. The van der Waals surface area contributed by atoms with Crippen LogP contribution in [-0.2, 0) is 0 Å². The van der Waals surface area contributed by atoms with Crippen LogP contribution in [0.1, 0.15) is 32.6 Å². The molecule has 1 N–H and O–H groups in total.